The standard InChI is InChI=1S/C28H33N3O2/c1-20-9-11-21(12-10-20)18-30(16-15-23-17-29-26-8-3-2-7-25(23)26)27(32)19-31(24-13-14-24)28(33)22-5-4-6-22/h2-3,7-12,17,22,24,29H,4-6,13-16,18-19H2,1H3. The minimum absolute atomic E-state index is 0.0509. The van der Waals surface area contributed by atoms with Gasteiger partial charge < -0.3 is 14.8 Å². The second kappa shape index (κ2) is 9.42. The summed E-state index contributed by atoms with van der Waals surface area (Å²) in [5.74, 6) is 0.383. The van der Waals surface area contributed by atoms with Crippen molar-refractivity contribution < 1.29 is 9.59 Å². The molecule has 2 aliphatic rings. The predicted molar refractivity (Wildman–Crippen MR) is 131 cm³/mol. The van der Waals surface area contributed by atoms with Crippen molar-refractivity contribution in [1.29, 1.82) is 0 Å². The van der Waals surface area contributed by atoms with Crippen LogP contribution in [-0.2, 0) is 22.6 Å². The normalized spacial score (nSPS) is 15.9. The van der Waals surface area contributed by atoms with E-state index in [0.29, 0.717) is 13.1 Å². The molecule has 5 nitrogen and oxygen atoms in total. The van der Waals surface area contributed by atoms with E-state index in [4.69, 9.17) is 0 Å². The Morgan fingerprint density at radius 3 is 2.45 bits per heavy atom. The molecule has 2 fully saturated rings. The minimum Gasteiger partial charge on any atom is -0.361 e. The zero-order chi connectivity index (χ0) is 22.8. The van der Waals surface area contributed by atoms with Gasteiger partial charge in [0.05, 0.1) is 0 Å². The lowest BCUT2D eigenvalue weighted by molar-refractivity contribution is -0.145. The second-order valence-corrected chi connectivity index (χ2v) is 9.74. The molecule has 1 aromatic heterocycles. The molecule has 1 heterocycles. The summed E-state index contributed by atoms with van der Waals surface area (Å²) < 4.78 is 0. The summed E-state index contributed by atoms with van der Waals surface area (Å²) in [5, 5.41) is 1.21. The summed E-state index contributed by atoms with van der Waals surface area (Å²) in [6, 6.07) is 16.9. The van der Waals surface area contributed by atoms with Gasteiger partial charge in [0.15, 0.2) is 0 Å². The molecule has 1 N–H and O–H groups in total. The maximum atomic E-state index is 13.5. The van der Waals surface area contributed by atoms with Crippen LogP contribution in [-0.4, -0.2) is 45.7 Å². The molecule has 5 heteroatoms. The van der Waals surface area contributed by atoms with E-state index in [1.807, 2.05) is 15.9 Å². The lowest BCUT2D eigenvalue weighted by Crippen LogP contribution is -2.47. The number of carbonyl (C=O) groups excluding carboxylic acids is 2. The number of nitrogens with one attached hydrogen (secondary N) is 1. The molecule has 3 aromatic rings. The summed E-state index contributed by atoms with van der Waals surface area (Å²) >= 11 is 0. The Labute approximate surface area is 195 Å². The Kier molecular flexibility index (Phi) is 6.21. The van der Waals surface area contributed by atoms with Crippen molar-refractivity contribution >= 4 is 22.7 Å². The summed E-state index contributed by atoms with van der Waals surface area (Å²) in [6.07, 6.45) is 7.97. The van der Waals surface area contributed by atoms with Gasteiger partial charge in [-0.3, -0.25) is 9.59 Å². The lowest BCUT2D eigenvalue weighted by Gasteiger charge is -2.33. The molecule has 2 aromatic carbocycles. The molecule has 0 unspecified atom stereocenters. The highest BCUT2D eigenvalue weighted by Crippen LogP contribution is 2.34. The number of hydrogen-bond acceptors (Lipinski definition) is 2. The van der Waals surface area contributed by atoms with E-state index < -0.39 is 0 Å². The first-order valence-corrected chi connectivity index (χ1v) is 12.3. The zero-order valence-electron chi connectivity index (χ0n) is 19.4. The van der Waals surface area contributed by atoms with Crippen LogP contribution in [0.4, 0.5) is 0 Å². The van der Waals surface area contributed by atoms with Gasteiger partial charge >= 0.3 is 0 Å². The van der Waals surface area contributed by atoms with Crippen LogP contribution in [0.2, 0.25) is 0 Å². The van der Waals surface area contributed by atoms with Crippen LogP contribution in [0.5, 0.6) is 0 Å². The molecule has 2 aliphatic carbocycles. The van der Waals surface area contributed by atoms with E-state index in [1.165, 1.54) is 16.5 Å². The van der Waals surface area contributed by atoms with Crippen LogP contribution in [0.25, 0.3) is 10.9 Å². The van der Waals surface area contributed by atoms with Gasteiger partial charge in [0.1, 0.15) is 6.54 Å². The van der Waals surface area contributed by atoms with Crippen molar-refractivity contribution in [1.82, 2.24) is 14.8 Å². The SMILES string of the molecule is Cc1ccc(CN(CCc2c[nH]c3ccccc23)C(=O)CN(C(=O)C2CCC2)C2CC2)cc1. The molecule has 2 amide bonds. The predicted octanol–water partition coefficient (Wildman–Crippen LogP) is 4.84. The third kappa shape index (κ3) is 4.97. The van der Waals surface area contributed by atoms with E-state index in [9.17, 15) is 9.59 Å². The maximum absolute atomic E-state index is 13.5. The van der Waals surface area contributed by atoms with Crippen LogP contribution in [0.15, 0.2) is 54.7 Å². The van der Waals surface area contributed by atoms with Gasteiger partial charge in [-0.25, -0.2) is 0 Å². The number of para-hydroxylation sites is 1. The number of H-pyrrole nitrogens is 1. The molecule has 172 valence electrons. The van der Waals surface area contributed by atoms with Crippen LogP contribution in [0.3, 0.4) is 0 Å². The third-order valence-electron chi connectivity index (χ3n) is 7.20. The number of fused-ring (bicyclic) bond motifs is 1. The molecular weight excluding hydrogens is 410 g/mol. The Morgan fingerprint density at radius 1 is 1.00 bits per heavy atom. The number of rotatable bonds is 9. The average Bonchev–Trinajstić information content (AvgIpc) is 3.54. The van der Waals surface area contributed by atoms with Crippen molar-refractivity contribution in [3.8, 4) is 0 Å². The van der Waals surface area contributed by atoms with Crippen LogP contribution in [0, 0.1) is 12.8 Å². The molecule has 2 saturated carbocycles. The number of amides is 2. The molecule has 0 spiro atoms. The number of aryl methyl sites for hydroxylation is 1. The fourth-order valence-electron chi connectivity index (χ4n) is 4.71. The third-order valence-corrected chi connectivity index (χ3v) is 7.20. The Hall–Kier alpha value is -3.08. The van der Waals surface area contributed by atoms with Gasteiger partial charge in [0.25, 0.3) is 0 Å². The van der Waals surface area contributed by atoms with Crippen LogP contribution >= 0.6 is 0 Å². The molecule has 0 aliphatic heterocycles. The van der Waals surface area contributed by atoms with Crippen molar-refractivity contribution in [2.45, 2.75) is 58.0 Å². The van der Waals surface area contributed by atoms with Crippen LogP contribution < -0.4 is 0 Å². The molecule has 0 bridgehead atoms. The monoisotopic (exact) mass is 443 g/mol. The first-order valence-electron chi connectivity index (χ1n) is 12.3. The second-order valence-electron chi connectivity index (χ2n) is 9.74. The van der Waals surface area contributed by atoms with E-state index in [0.717, 1.165) is 49.6 Å². The van der Waals surface area contributed by atoms with Gasteiger partial charge in [-0.1, -0.05) is 54.4 Å². The first kappa shape index (κ1) is 21.7. The highest BCUT2D eigenvalue weighted by atomic mass is 16.2. The van der Waals surface area contributed by atoms with E-state index in [-0.39, 0.29) is 30.3 Å². The smallest absolute Gasteiger partial charge is 0.242 e. The fraction of sp³-hybridized carbons (Fsp3) is 0.429. The number of carbonyl (C=O) groups is 2. The van der Waals surface area contributed by atoms with Crippen molar-refractivity contribution in [2.24, 2.45) is 5.92 Å². The number of benzene rings is 2. The summed E-state index contributed by atoms with van der Waals surface area (Å²) in [4.78, 5) is 33.7. The maximum Gasteiger partial charge on any atom is 0.242 e. The highest BCUT2D eigenvalue weighted by Gasteiger charge is 2.39. The lowest BCUT2D eigenvalue weighted by atomic mass is 9.84. The molecular formula is C28H33N3O2. The highest BCUT2D eigenvalue weighted by molar-refractivity contribution is 5.87. The van der Waals surface area contributed by atoms with E-state index >= 15 is 0 Å². The van der Waals surface area contributed by atoms with E-state index in [1.54, 1.807) is 0 Å². The number of nitrogens with zero attached hydrogens (tertiary/aromatic N) is 2. The first-order chi connectivity index (χ1) is 16.1. The molecule has 33 heavy (non-hydrogen) atoms. The summed E-state index contributed by atoms with van der Waals surface area (Å²) in [6.45, 7) is 3.48. The number of hydrogen-bond donors (Lipinski definition) is 1. The average molecular weight is 444 g/mol. The molecule has 0 radical (unpaired) electrons. The minimum atomic E-state index is 0.0509. The van der Waals surface area contributed by atoms with E-state index in [2.05, 4.69) is 60.6 Å². The molecule has 0 atom stereocenters. The van der Waals surface area contributed by atoms with Gasteiger partial charge in [-0.15, -0.1) is 0 Å². The van der Waals surface area contributed by atoms with Crippen molar-refractivity contribution in [3.05, 3.63) is 71.4 Å². The zero-order valence-corrected chi connectivity index (χ0v) is 19.4. The largest absolute Gasteiger partial charge is 0.361 e. The van der Waals surface area contributed by atoms with Gasteiger partial charge in [0, 0.05) is 42.1 Å². The molecule has 0 saturated heterocycles. The summed E-state index contributed by atoms with van der Waals surface area (Å²) in [7, 11) is 0. The Bertz CT molecular complexity index is 1130. The number of aromatic nitrogens is 1. The van der Waals surface area contributed by atoms with Crippen molar-refractivity contribution in [3.63, 3.8) is 0 Å². The quantitative estimate of drug-likeness (QED) is 0.515. The molecule has 5 rings (SSSR count). The topological polar surface area (TPSA) is 56.4 Å². The summed E-state index contributed by atoms with van der Waals surface area (Å²) in [5.41, 5.74) is 4.67. The van der Waals surface area contributed by atoms with Gasteiger partial charge in [0.2, 0.25) is 11.8 Å². The Morgan fingerprint density at radius 2 is 1.76 bits per heavy atom. The van der Waals surface area contributed by atoms with Gasteiger partial charge in [-0.2, -0.15) is 0 Å². The van der Waals surface area contributed by atoms with Crippen LogP contribution in [0.1, 0.15) is 48.8 Å². The van der Waals surface area contributed by atoms with Gasteiger partial charge in [-0.05, 0) is 56.2 Å². The Balaban J connectivity index is 1.32. The fourth-order valence-corrected chi connectivity index (χ4v) is 4.71. The number of aromatic amines is 1. The van der Waals surface area contributed by atoms with Crippen molar-refractivity contribution in [2.75, 3.05) is 13.1 Å².